The number of hydrogen-bond donors (Lipinski definition) is 2. The van der Waals surface area contributed by atoms with Crippen LogP contribution in [0.5, 0.6) is 5.75 Å². The Balaban J connectivity index is 1.68. The quantitative estimate of drug-likeness (QED) is 0.578. The summed E-state index contributed by atoms with van der Waals surface area (Å²) in [4.78, 5) is 25.0. The van der Waals surface area contributed by atoms with Crippen molar-refractivity contribution in [3.63, 3.8) is 0 Å². The minimum atomic E-state index is -0.799. The smallest absolute Gasteiger partial charge is 0.276 e. The molecule has 2 atom stereocenters. The normalized spacial score (nSPS) is 21.0. The van der Waals surface area contributed by atoms with Gasteiger partial charge in [-0.3, -0.25) is 14.9 Å². The van der Waals surface area contributed by atoms with Gasteiger partial charge in [0.1, 0.15) is 11.2 Å². The van der Waals surface area contributed by atoms with E-state index in [-0.39, 0.29) is 28.3 Å². The zero-order chi connectivity index (χ0) is 20.9. The number of nitro groups is 1. The molecule has 0 unspecified atom stereocenters. The summed E-state index contributed by atoms with van der Waals surface area (Å²) in [6.45, 7) is 6.81. The third kappa shape index (κ3) is 3.35. The lowest BCUT2D eigenvalue weighted by Gasteiger charge is -2.36. The van der Waals surface area contributed by atoms with E-state index in [4.69, 9.17) is 0 Å². The highest BCUT2D eigenvalue weighted by atomic mass is 32.1. The first-order valence-corrected chi connectivity index (χ1v) is 10.7. The summed E-state index contributed by atoms with van der Waals surface area (Å²) in [6, 6.07) is 3.57. The van der Waals surface area contributed by atoms with E-state index < -0.39 is 11.1 Å². The molecule has 2 N–H and O–H groups in total. The van der Waals surface area contributed by atoms with E-state index >= 15 is 0 Å². The van der Waals surface area contributed by atoms with Crippen molar-refractivity contribution in [2.45, 2.75) is 52.6 Å². The van der Waals surface area contributed by atoms with Gasteiger partial charge in [0.2, 0.25) is 0 Å². The van der Waals surface area contributed by atoms with Crippen LogP contribution >= 0.6 is 11.3 Å². The zero-order valence-electron chi connectivity index (χ0n) is 16.7. The molecule has 29 heavy (non-hydrogen) atoms. The molecule has 0 saturated heterocycles. The van der Waals surface area contributed by atoms with Crippen LogP contribution in [0.15, 0.2) is 18.2 Å². The average molecular weight is 415 g/mol. The Bertz CT molecular complexity index is 998. The number of carbonyl (C=O) groups is 1. The number of nitro benzene ring substituents is 1. The van der Waals surface area contributed by atoms with Crippen molar-refractivity contribution < 1.29 is 14.8 Å². The molecule has 1 aromatic carbocycles. The van der Waals surface area contributed by atoms with Crippen molar-refractivity contribution >= 4 is 27.9 Å². The number of nitrogens with one attached hydrogen (secondary N) is 2. The highest BCUT2D eigenvalue weighted by Crippen LogP contribution is 2.47. The molecular formula is C21H24N3O4S-. The van der Waals surface area contributed by atoms with Crippen LogP contribution in [0.2, 0.25) is 0 Å². The molecule has 0 saturated carbocycles. The highest BCUT2D eigenvalue weighted by molar-refractivity contribution is 7.16. The maximum absolute atomic E-state index is 12.9. The average Bonchev–Trinajstić information content (AvgIpc) is 3.05. The molecule has 0 radical (unpaired) electrons. The van der Waals surface area contributed by atoms with Gasteiger partial charge in [-0.1, -0.05) is 39.3 Å². The largest absolute Gasteiger partial charge is 0.872 e. The fourth-order valence-electron chi connectivity index (χ4n) is 4.34. The van der Waals surface area contributed by atoms with Crippen LogP contribution in [0.4, 0.5) is 10.7 Å². The van der Waals surface area contributed by atoms with Crippen molar-refractivity contribution in [1.29, 1.82) is 0 Å². The monoisotopic (exact) mass is 414 g/mol. The van der Waals surface area contributed by atoms with Gasteiger partial charge in [0, 0.05) is 10.9 Å². The molecule has 1 amide bonds. The first kappa shape index (κ1) is 19.7. The second-order valence-electron chi connectivity index (χ2n) is 8.52. The van der Waals surface area contributed by atoms with Crippen LogP contribution < -0.4 is 15.7 Å². The van der Waals surface area contributed by atoms with Gasteiger partial charge in [-0.05, 0) is 36.2 Å². The van der Waals surface area contributed by atoms with E-state index in [1.54, 1.807) is 11.3 Å². The minimum Gasteiger partial charge on any atom is -0.872 e. The summed E-state index contributed by atoms with van der Waals surface area (Å²) < 4.78 is 0. The summed E-state index contributed by atoms with van der Waals surface area (Å²) in [5.41, 5.74) is 2.00. The maximum atomic E-state index is 12.9. The van der Waals surface area contributed by atoms with Crippen LogP contribution in [0.1, 0.15) is 66.1 Å². The van der Waals surface area contributed by atoms with Gasteiger partial charge in [0.25, 0.3) is 11.6 Å². The van der Waals surface area contributed by atoms with E-state index in [9.17, 15) is 20.0 Å². The third-order valence-electron chi connectivity index (χ3n) is 6.57. The highest BCUT2D eigenvalue weighted by Gasteiger charge is 2.38. The van der Waals surface area contributed by atoms with Gasteiger partial charge in [-0.2, -0.15) is 0 Å². The number of anilines is 1. The van der Waals surface area contributed by atoms with E-state index in [1.807, 2.05) is 0 Å². The maximum Gasteiger partial charge on any atom is 0.276 e. The zero-order valence-corrected chi connectivity index (χ0v) is 17.5. The Labute approximate surface area is 173 Å². The third-order valence-corrected chi connectivity index (χ3v) is 7.75. The molecule has 2 aromatic rings. The first-order chi connectivity index (χ1) is 13.7. The number of hydrogen-bond acceptors (Lipinski definition) is 6. The standard InChI is InChI=1S/C21H25N3O4S/c1-4-21(2,3)11-5-7-13-16(9-11)29-20-17(13)19(26)22-18(23-20)14-10-12(25)6-8-15(14)24(27)28/h6,8,10-11,18,23,25H,4-5,7,9H2,1-3H3,(H,22,26)/p-1/t11-,18-/m1/s1. The number of fused-ring (bicyclic) bond motifs is 3. The van der Waals surface area contributed by atoms with Crippen molar-refractivity contribution in [2.75, 3.05) is 5.32 Å². The second-order valence-corrected chi connectivity index (χ2v) is 9.62. The van der Waals surface area contributed by atoms with E-state index in [0.717, 1.165) is 42.3 Å². The number of nitrogens with zero attached hydrogens (tertiary/aromatic N) is 1. The fraction of sp³-hybridized carbons (Fsp3) is 0.476. The van der Waals surface area contributed by atoms with Crippen molar-refractivity contribution in [3.8, 4) is 5.75 Å². The molecule has 7 nitrogen and oxygen atoms in total. The van der Waals surface area contributed by atoms with Crippen molar-refractivity contribution in [1.82, 2.24) is 5.32 Å². The predicted molar refractivity (Wildman–Crippen MR) is 110 cm³/mol. The Hall–Kier alpha value is -2.61. The Morgan fingerprint density at radius 3 is 2.76 bits per heavy atom. The molecule has 154 valence electrons. The van der Waals surface area contributed by atoms with Gasteiger partial charge in [0.15, 0.2) is 0 Å². The van der Waals surface area contributed by atoms with Gasteiger partial charge in [-0.25, -0.2) is 0 Å². The van der Waals surface area contributed by atoms with E-state index in [0.29, 0.717) is 11.5 Å². The molecule has 0 fully saturated rings. The molecule has 2 heterocycles. The Morgan fingerprint density at radius 2 is 2.07 bits per heavy atom. The summed E-state index contributed by atoms with van der Waals surface area (Å²) in [5, 5.41) is 30.0. The van der Waals surface area contributed by atoms with E-state index in [1.165, 1.54) is 17.0 Å². The first-order valence-electron chi connectivity index (χ1n) is 9.88. The number of amides is 1. The van der Waals surface area contributed by atoms with Crippen LogP contribution in [0.3, 0.4) is 0 Å². The molecule has 1 aliphatic carbocycles. The van der Waals surface area contributed by atoms with E-state index in [2.05, 4.69) is 31.4 Å². The van der Waals surface area contributed by atoms with Crippen LogP contribution in [-0.2, 0) is 12.8 Å². The fourth-order valence-corrected chi connectivity index (χ4v) is 5.69. The predicted octanol–water partition coefficient (Wildman–Crippen LogP) is 4.13. The SMILES string of the molecule is CCC(C)(C)[C@@H]1CCc2c(sc3c2C(=O)N[C@@H](c2cc([O-])ccc2[N+](=O)[O-])N3)C1. The summed E-state index contributed by atoms with van der Waals surface area (Å²) in [5.74, 6) is -0.000181. The summed E-state index contributed by atoms with van der Waals surface area (Å²) in [6.07, 6.45) is 3.17. The van der Waals surface area contributed by atoms with Crippen molar-refractivity contribution in [2.24, 2.45) is 11.3 Å². The Kier molecular flexibility index (Phi) is 4.77. The number of carbonyl (C=O) groups excluding carboxylic acids is 1. The van der Waals surface area contributed by atoms with Gasteiger partial charge >= 0.3 is 0 Å². The second kappa shape index (κ2) is 7.02. The van der Waals surface area contributed by atoms with Gasteiger partial charge in [0.05, 0.1) is 16.1 Å². The molecule has 8 heteroatoms. The lowest BCUT2D eigenvalue weighted by molar-refractivity contribution is -0.386. The minimum absolute atomic E-state index is 0.179. The molecule has 0 bridgehead atoms. The molecule has 1 aliphatic heterocycles. The summed E-state index contributed by atoms with van der Waals surface area (Å²) >= 11 is 1.57. The van der Waals surface area contributed by atoms with Crippen LogP contribution in [0.25, 0.3) is 0 Å². The van der Waals surface area contributed by atoms with Crippen LogP contribution in [-0.4, -0.2) is 10.8 Å². The molecule has 1 aromatic heterocycles. The molecule has 0 spiro atoms. The molecule has 4 rings (SSSR count). The van der Waals surface area contributed by atoms with Crippen molar-refractivity contribution in [3.05, 3.63) is 49.9 Å². The lowest BCUT2D eigenvalue weighted by atomic mass is 9.69. The number of benzene rings is 1. The molecular weight excluding hydrogens is 390 g/mol. The Morgan fingerprint density at radius 1 is 1.31 bits per heavy atom. The summed E-state index contributed by atoms with van der Waals surface area (Å²) in [7, 11) is 0. The number of thiophene rings is 1. The lowest BCUT2D eigenvalue weighted by Crippen LogP contribution is -2.38. The van der Waals surface area contributed by atoms with Crippen LogP contribution in [0, 0.1) is 21.4 Å². The van der Waals surface area contributed by atoms with Gasteiger partial charge in [-0.15, -0.1) is 17.1 Å². The topological polar surface area (TPSA) is 107 Å². The molecule has 2 aliphatic rings. The number of rotatable bonds is 4. The van der Waals surface area contributed by atoms with Gasteiger partial charge < -0.3 is 15.7 Å².